The third-order valence-electron chi connectivity index (χ3n) is 5.03. The first kappa shape index (κ1) is 17.9. The molecule has 0 amide bonds. The van der Waals surface area contributed by atoms with Crippen molar-refractivity contribution >= 4 is 22.5 Å². The van der Waals surface area contributed by atoms with Crippen LogP contribution in [-0.2, 0) is 0 Å². The van der Waals surface area contributed by atoms with Gasteiger partial charge in [0, 0.05) is 12.0 Å². The number of nitrogens with zero attached hydrogens (tertiary/aromatic N) is 5. The van der Waals surface area contributed by atoms with Gasteiger partial charge in [0.2, 0.25) is 5.95 Å². The fourth-order valence-corrected chi connectivity index (χ4v) is 3.55. The fraction of sp³-hybridized carbons (Fsp3) is 0.143. The second-order valence-electron chi connectivity index (χ2n) is 6.90. The molecule has 2 aromatic carbocycles. The Labute approximate surface area is 170 Å². The second-order valence-corrected chi connectivity index (χ2v) is 6.90. The Bertz CT molecular complexity index is 1310. The van der Waals surface area contributed by atoms with Crippen molar-refractivity contribution in [2.75, 3.05) is 17.7 Å². The number of imidazole rings is 1. The van der Waals surface area contributed by atoms with Gasteiger partial charge in [-0.3, -0.25) is 4.57 Å². The highest BCUT2D eigenvalue weighted by molar-refractivity contribution is 5.78. The molecule has 3 heterocycles. The molecule has 4 aromatic rings. The van der Waals surface area contributed by atoms with Crippen LogP contribution in [0.2, 0.25) is 0 Å². The van der Waals surface area contributed by atoms with Crippen molar-refractivity contribution in [3.63, 3.8) is 0 Å². The zero-order chi connectivity index (χ0) is 20.7. The standard InChI is InChI=1S/C21H16FN7O/c22-14-3-1-2-13-16(6-7-30-19(13)14)27-20-15(24)10-25-21(28-20)29-11-26-17-5-4-12(9-23)8-18(17)29/h1-5,8,10-11,16H,6-7,24H2,(H,25,27,28). The average Bonchev–Trinajstić information content (AvgIpc) is 3.19. The maximum Gasteiger partial charge on any atom is 0.237 e. The largest absolute Gasteiger partial charge is 0.490 e. The number of nitrogen functional groups attached to an aromatic ring is 1. The van der Waals surface area contributed by atoms with Crippen molar-refractivity contribution in [1.82, 2.24) is 19.5 Å². The molecule has 0 bridgehead atoms. The molecule has 1 unspecified atom stereocenters. The minimum Gasteiger partial charge on any atom is -0.490 e. The Morgan fingerprint density at radius 2 is 2.17 bits per heavy atom. The van der Waals surface area contributed by atoms with Crippen LogP contribution in [-0.4, -0.2) is 26.1 Å². The van der Waals surface area contributed by atoms with Crippen LogP contribution in [0.15, 0.2) is 48.9 Å². The van der Waals surface area contributed by atoms with E-state index >= 15 is 0 Å². The lowest BCUT2D eigenvalue weighted by atomic mass is 10.0. The van der Waals surface area contributed by atoms with Crippen molar-refractivity contribution in [2.45, 2.75) is 12.5 Å². The lowest BCUT2D eigenvalue weighted by Crippen LogP contribution is -2.22. The predicted molar refractivity (Wildman–Crippen MR) is 109 cm³/mol. The molecule has 5 rings (SSSR count). The summed E-state index contributed by atoms with van der Waals surface area (Å²) < 4.78 is 21.3. The van der Waals surface area contributed by atoms with Crippen LogP contribution in [0.3, 0.4) is 0 Å². The molecule has 1 atom stereocenters. The molecule has 1 aliphatic rings. The minimum absolute atomic E-state index is 0.209. The van der Waals surface area contributed by atoms with Crippen LogP contribution in [0.25, 0.3) is 17.0 Å². The smallest absolute Gasteiger partial charge is 0.237 e. The van der Waals surface area contributed by atoms with E-state index in [0.717, 1.165) is 5.52 Å². The molecule has 3 N–H and O–H groups in total. The Morgan fingerprint density at radius 1 is 1.27 bits per heavy atom. The van der Waals surface area contributed by atoms with Gasteiger partial charge in [0.05, 0.1) is 47.2 Å². The number of halogens is 1. The van der Waals surface area contributed by atoms with Crippen molar-refractivity contribution < 1.29 is 9.13 Å². The molecule has 2 aromatic heterocycles. The summed E-state index contributed by atoms with van der Waals surface area (Å²) in [6, 6.07) is 12.0. The third kappa shape index (κ3) is 2.95. The molecule has 0 saturated heterocycles. The Hall–Kier alpha value is -4.19. The van der Waals surface area contributed by atoms with E-state index < -0.39 is 5.82 Å². The summed E-state index contributed by atoms with van der Waals surface area (Å²) in [5, 5.41) is 12.5. The number of hydrogen-bond donors (Lipinski definition) is 2. The summed E-state index contributed by atoms with van der Waals surface area (Å²) in [6.45, 7) is 0.381. The van der Waals surface area contributed by atoms with Gasteiger partial charge in [-0.05, 0) is 24.3 Å². The molecule has 0 saturated carbocycles. The topological polar surface area (TPSA) is 115 Å². The lowest BCUT2D eigenvalue weighted by molar-refractivity contribution is 0.260. The maximum absolute atomic E-state index is 14.1. The number of nitriles is 1. The molecular weight excluding hydrogens is 385 g/mol. The van der Waals surface area contributed by atoms with Gasteiger partial charge in [-0.15, -0.1) is 0 Å². The first-order valence-corrected chi connectivity index (χ1v) is 9.32. The number of benzene rings is 2. The fourth-order valence-electron chi connectivity index (χ4n) is 3.55. The van der Waals surface area contributed by atoms with E-state index in [1.807, 2.05) is 6.07 Å². The Balaban J connectivity index is 1.53. The van der Waals surface area contributed by atoms with Crippen LogP contribution in [0.5, 0.6) is 5.75 Å². The number of para-hydroxylation sites is 1. The summed E-state index contributed by atoms with van der Waals surface area (Å²) in [6.07, 6.45) is 3.74. The lowest BCUT2D eigenvalue weighted by Gasteiger charge is -2.27. The van der Waals surface area contributed by atoms with Gasteiger partial charge < -0.3 is 15.8 Å². The normalized spacial score (nSPS) is 15.3. The summed E-state index contributed by atoms with van der Waals surface area (Å²) in [4.78, 5) is 13.2. The monoisotopic (exact) mass is 401 g/mol. The number of fused-ring (bicyclic) bond motifs is 2. The average molecular weight is 401 g/mol. The van der Waals surface area contributed by atoms with E-state index in [1.54, 1.807) is 35.2 Å². The third-order valence-corrected chi connectivity index (χ3v) is 5.03. The maximum atomic E-state index is 14.1. The van der Waals surface area contributed by atoms with Gasteiger partial charge in [0.1, 0.15) is 6.33 Å². The Kier molecular flexibility index (Phi) is 4.17. The number of hydrogen-bond acceptors (Lipinski definition) is 7. The Morgan fingerprint density at radius 3 is 3.03 bits per heavy atom. The van der Waals surface area contributed by atoms with Crippen molar-refractivity contribution in [3.05, 3.63) is 65.9 Å². The number of anilines is 2. The molecule has 0 fully saturated rings. The van der Waals surface area contributed by atoms with E-state index in [1.165, 1.54) is 12.3 Å². The highest BCUT2D eigenvalue weighted by atomic mass is 19.1. The first-order valence-electron chi connectivity index (χ1n) is 9.32. The van der Waals surface area contributed by atoms with Gasteiger partial charge in [-0.1, -0.05) is 12.1 Å². The number of ether oxygens (including phenoxy) is 1. The van der Waals surface area contributed by atoms with Crippen molar-refractivity contribution in [3.8, 4) is 17.8 Å². The predicted octanol–water partition coefficient (Wildman–Crippen LogP) is 3.34. The molecule has 0 aliphatic carbocycles. The van der Waals surface area contributed by atoms with Gasteiger partial charge in [0.15, 0.2) is 17.4 Å². The zero-order valence-electron chi connectivity index (χ0n) is 15.7. The van der Waals surface area contributed by atoms with E-state index in [-0.39, 0.29) is 11.8 Å². The number of nitrogens with one attached hydrogen (secondary N) is 1. The molecule has 148 valence electrons. The van der Waals surface area contributed by atoms with E-state index in [2.05, 4.69) is 26.3 Å². The summed E-state index contributed by atoms with van der Waals surface area (Å²) >= 11 is 0. The van der Waals surface area contributed by atoms with E-state index in [4.69, 9.17) is 10.5 Å². The molecule has 9 heteroatoms. The van der Waals surface area contributed by atoms with Crippen LogP contribution >= 0.6 is 0 Å². The summed E-state index contributed by atoms with van der Waals surface area (Å²) in [5.41, 5.74) is 9.13. The van der Waals surface area contributed by atoms with Gasteiger partial charge in [0.25, 0.3) is 0 Å². The molecule has 0 spiro atoms. The summed E-state index contributed by atoms with van der Waals surface area (Å²) in [7, 11) is 0. The molecule has 30 heavy (non-hydrogen) atoms. The van der Waals surface area contributed by atoms with Crippen LogP contribution < -0.4 is 15.8 Å². The van der Waals surface area contributed by atoms with Gasteiger partial charge in [-0.2, -0.15) is 10.2 Å². The first-order chi connectivity index (χ1) is 14.6. The highest BCUT2D eigenvalue weighted by Gasteiger charge is 2.25. The van der Waals surface area contributed by atoms with Crippen molar-refractivity contribution in [2.24, 2.45) is 0 Å². The second kappa shape index (κ2) is 7.00. The van der Waals surface area contributed by atoms with Crippen LogP contribution in [0.1, 0.15) is 23.6 Å². The molecule has 1 aliphatic heterocycles. The summed E-state index contributed by atoms with van der Waals surface area (Å²) in [5.74, 6) is 0.642. The minimum atomic E-state index is -0.395. The van der Waals surface area contributed by atoms with Crippen molar-refractivity contribution in [1.29, 1.82) is 5.26 Å². The quantitative estimate of drug-likeness (QED) is 0.541. The number of nitrogens with two attached hydrogens (primary N) is 1. The zero-order valence-corrected chi connectivity index (χ0v) is 15.7. The van der Waals surface area contributed by atoms with E-state index in [0.29, 0.717) is 47.1 Å². The van der Waals surface area contributed by atoms with E-state index in [9.17, 15) is 9.65 Å². The number of aromatic nitrogens is 4. The van der Waals surface area contributed by atoms with Crippen LogP contribution in [0, 0.1) is 17.1 Å². The van der Waals surface area contributed by atoms with Gasteiger partial charge in [-0.25, -0.2) is 14.4 Å². The highest BCUT2D eigenvalue weighted by Crippen LogP contribution is 2.36. The van der Waals surface area contributed by atoms with Crippen LogP contribution in [0.4, 0.5) is 15.9 Å². The molecular formula is C21H16FN7O. The van der Waals surface area contributed by atoms with Gasteiger partial charge >= 0.3 is 0 Å². The SMILES string of the molecule is N#Cc1ccc2ncn(-c3ncc(N)c(NC4CCOc5c(F)cccc54)n3)c2c1. The molecule has 0 radical (unpaired) electrons. The number of rotatable bonds is 3. The molecule has 8 nitrogen and oxygen atoms in total.